The molecule has 1 aliphatic heterocycles. The summed E-state index contributed by atoms with van der Waals surface area (Å²) in [4.78, 5) is 5.82. The minimum atomic E-state index is 1.05. The zero-order valence-corrected chi connectivity index (χ0v) is 9.42. The molecule has 15 heavy (non-hydrogen) atoms. The summed E-state index contributed by atoms with van der Waals surface area (Å²) >= 11 is 1.92. The first-order chi connectivity index (χ1) is 7.36. The highest BCUT2D eigenvalue weighted by Gasteiger charge is 2.15. The molecule has 0 spiro atoms. The third-order valence-electron chi connectivity index (χ3n) is 2.70. The zero-order chi connectivity index (χ0) is 10.3. The van der Waals surface area contributed by atoms with Crippen LogP contribution >= 0.6 is 11.8 Å². The monoisotopic (exact) mass is 216 g/mol. The van der Waals surface area contributed by atoms with Gasteiger partial charge in [-0.1, -0.05) is 12.1 Å². The highest BCUT2D eigenvalue weighted by Crippen LogP contribution is 2.31. The fourth-order valence-corrected chi connectivity index (χ4v) is 3.00. The Labute approximate surface area is 93.3 Å². The summed E-state index contributed by atoms with van der Waals surface area (Å²) in [6.07, 6.45) is 3.01. The van der Waals surface area contributed by atoms with E-state index in [2.05, 4.69) is 40.7 Å². The van der Waals surface area contributed by atoms with E-state index in [1.807, 2.05) is 18.0 Å². The van der Waals surface area contributed by atoms with Gasteiger partial charge in [0.1, 0.15) is 5.82 Å². The van der Waals surface area contributed by atoms with Crippen LogP contribution in [0.25, 0.3) is 5.69 Å². The SMILES string of the molecule is Cc1cnc2n1-c1ccccc1SCC2. The quantitative estimate of drug-likeness (QED) is 0.674. The van der Waals surface area contributed by atoms with Crippen LogP contribution < -0.4 is 0 Å². The van der Waals surface area contributed by atoms with Gasteiger partial charge in [0.05, 0.1) is 5.69 Å². The van der Waals surface area contributed by atoms with Crippen LogP contribution in [-0.2, 0) is 6.42 Å². The van der Waals surface area contributed by atoms with Gasteiger partial charge in [-0.05, 0) is 19.1 Å². The number of aromatic nitrogens is 2. The van der Waals surface area contributed by atoms with Gasteiger partial charge in [-0.25, -0.2) is 4.98 Å². The number of benzene rings is 1. The minimum absolute atomic E-state index is 1.05. The van der Waals surface area contributed by atoms with Gasteiger partial charge in [-0.15, -0.1) is 11.8 Å². The number of hydrogen-bond donors (Lipinski definition) is 0. The van der Waals surface area contributed by atoms with Crippen molar-refractivity contribution in [1.29, 1.82) is 0 Å². The molecule has 0 aliphatic carbocycles. The summed E-state index contributed by atoms with van der Waals surface area (Å²) in [5.74, 6) is 2.30. The van der Waals surface area contributed by atoms with Crippen molar-refractivity contribution in [3.05, 3.63) is 42.0 Å². The van der Waals surface area contributed by atoms with Crippen molar-refractivity contribution in [2.24, 2.45) is 0 Å². The Hall–Kier alpha value is -1.22. The van der Waals surface area contributed by atoms with E-state index in [9.17, 15) is 0 Å². The van der Waals surface area contributed by atoms with Crippen molar-refractivity contribution >= 4 is 11.8 Å². The molecule has 2 heterocycles. The van der Waals surface area contributed by atoms with Crippen LogP contribution in [0.4, 0.5) is 0 Å². The molecule has 0 saturated heterocycles. The van der Waals surface area contributed by atoms with Gasteiger partial charge in [-0.2, -0.15) is 0 Å². The number of fused-ring (bicyclic) bond motifs is 3. The molecule has 76 valence electrons. The normalized spacial score (nSPS) is 14.2. The summed E-state index contributed by atoms with van der Waals surface area (Å²) in [5.41, 5.74) is 2.50. The summed E-state index contributed by atoms with van der Waals surface area (Å²) in [6, 6.07) is 8.55. The van der Waals surface area contributed by atoms with E-state index in [1.165, 1.54) is 22.1 Å². The molecule has 0 N–H and O–H groups in total. The summed E-state index contributed by atoms with van der Waals surface area (Å²) in [7, 11) is 0. The Morgan fingerprint density at radius 3 is 3.13 bits per heavy atom. The average molecular weight is 216 g/mol. The molecule has 0 fully saturated rings. The van der Waals surface area contributed by atoms with Crippen LogP contribution in [0.3, 0.4) is 0 Å². The molecule has 0 atom stereocenters. The highest BCUT2D eigenvalue weighted by atomic mass is 32.2. The number of nitrogens with zero attached hydrogens (tertiary/aromatic N) is 2. The molecule has 1 aliphatic rings. The molecule has 0 saturated carbocycles. The van der Waals surface area contributed by atoms with E-state index < -0.39 is 0 Å². The lowest BCUT2D eigenvalue weighted by atomic mass is 10.3. The van der Waals surface area contributed by atoms with Gasteiger partial charge < -0.3 is 0 Å². The first-order valence-electron chi connectivity index (χ1n) is 5.12. The molecule has 2 aromatic rings. The lowest BCUT2D eigenvalue weighted by molar-refractivity contribution is 0.875. The second-order valence-corrected chi connectivity index (χ2v) is 4.85. The van der Waals surface area contributed by atoms with Crippen LogP contribution in [0.2, 0.25) is 0 Å². The molecule has 0 radical (unpaired) electrons. The Balaban J connectivity index is 2.30. The number of rotatable bonds is 0. The molecular weight excluding hydrogens is 204 g/mol. The number of hydrogen-bond acceptors (Lipinski definition) is 2. The van der Waals surface area contributed by atoms with E-state index in [0.717, 1.165) is 12.2 Å². The molecule has 1 aromatic carbocycles. The lowest BCUT2D eigenvalue weighted by Crippen LogP contribution is -2.01. The lowest BCUT2D eigenvalue weighted by Gasteiger charge is -2.09. The number of imidazole rings is 1. The standard InChI is InChI=1S/C12H12N2S/c1-9-8-13-12-6-7-15-11-5-3-2-4-10(11)14(9)12/h2-5,8H,6-7H2,1H3. The van der Waals surface area contributed by atoms with Crippen LogP contribution in [0.5, 0.6) is 0 Å². The van der Waals surface area contributed by atoms with Gasteiger partial charge in [0.25, 0.3) is 0 Å². The van der Waals surface area contributed by atoms with Crippen LogP contribution in [0.15, 0.2) is 35.4 Å². The molecule has 3 heteroatoms. The smallest absolute Gasteiger partial charge is 0.114 e. The fraction of sp³-hybridized carbons (Fsp3) is 0.250. The predicted molar refractivity (Wildman–Crippen MR) is 62.7 cm³/mol. The molecule has 0 unspecified atom stereocenters. The van der Waals surface area contributed by atoms with Crippen molar-refractivity contribution in [2.75, 3.05) is 5.75 Å². The molecule has 1 aromatic heterocycles. The topological polar surface area (TPSA) is 17.8 Å². The van der Waals surface area contributed by atoms with Gasteiger partial charge in [0, 0.05) is 29.0 Å². The first-order valence-corrected chi connectivity index (χ1v) is 6.10. The molecule has 3 rings (SSSR count). The second-order valence-electron chi connectivity index (χ2n) is 3.72. The van der Waals surface area contributed by atoms with Gasteiger partial charge in [-0.3, -0.25) is 4.57 Å². The largest absolute Gasteiger partial charge is 0.300 e. The minimum Gasteiger partial charge on any atom is -0.300 e. The number of thioether (sulfide) groups is 1. The summed E-state index contributed by atoms with van der Waals surface area (Å²) < 4.78 is 2.27. The maximum absolute atomic E-state index is 4.46. The maximum Gasteiger partial charge on any atom is 0.114 e. The molecule has 0 bridgehead atoms. The van der Waals surface area contributed by atoms with E-state index in [0.29, 0.717) is 0 Å². The van der Waals surface area contributed by atoms with E-state index in [4.69, 9.17) is 0 Å². The summed E-state index contributed by atoms with van der Waals surface area (Å²) in [5, 5.41) is 0. The van der Waals surface area contributed by atoms with Crippen molar-refractivity contribution < 1.29 is 0 Å². The van der Waals surface area contributed by atoms with Crippen LogP contribution in [-0.4, -0.2) is 15.3 Å². The Bertz CT molecular complexity index is 502. The molecular formula is C12H12N2S. The predicted octanol–water partition coefficient (Wildman–Crippen LogP) is 2.83. The van der Waals surface area contributed by atoms with Crippen LogP contribution in [0.1, 0.15) is 11.5 Å². The fourth-order valence-electron chi connectivity index (χ4n) is 2.01. The molecule has 2 nitrogen and oxygen atoms in total. The van der Waals surface area contributed by atoms with Crippen molar-refractivity contribution in [2.45, 2.75) is 18.2 Å². The Morgan fingerprint density at radius 2 is 2.20 bits per heavy atom. The maximum atomic E-state index is 4.46. The summed E-state index contributed by atoms with van der Waals surface area (Å²) in [6.45, 7) is 2.11. The second kappa shape index (κ2) is 3.42. The molecule has 0 amide bonds. The Morgan fingerprint density at radius 1 is 1.33 bits per heavy atom. The Kier molecular flexibility index (Phi) is 2.06. The van der Waals surface area contributed by atoms with E-state index in [-0.39, 0.29) is 0 Å². The zero-order valence-electron chi connectivity index (χ0n) is 8.60. The van der Waals surface area contributed by atoms with E-state index >= 15 is 0 Å². The number of aryl methyl sites for hydroxylation is 2. The van der Waals surface area contributed by atoms with Gasteiger partial charge >= 0.3 is 0 Å². The van der Waals surface area contributed by atoms with Crippen LogP contribution in [0, 0.1) is 6.92 Å². The van der Waals surface area contributed by atoms with Crippen molar-refractivity contribution in [1.82, 2.24) is 9.55 Å². The number of para-hydroxylation sites is 1. The third kappa shape index (κ3) is 1.38. The first kappa shape index (κ1) is 9.04. The highest BCUT2D eigenvalue weighted by molar-refractivity contribution is 7.99. The third-order valence-corrected chi connectivity index (χ3v) is 3.77. The average Bonchev–Trinajstić information content (AvgIpc) is 2.52. The van der Waals surface area contributed by atoms with Gasteiger partial charge in [0.15, 0.2) is 0 Å². The van der Waals surface area contributed by atoms with Gasteiger partial charge in [0.2, 0.25) is 0 Å². The van der Waals surface area contributed by atoms with Crippen molar-refractivity contribution in [3.63, 3.8) is 0 Å². The van der Waals surface area contributed by atoms with Crippen molar-refractivity contribution in [3.8, 4) is 5.69 Å². The van der Waals surface area contributed by atoms with E-state index in [1.54, 1.807) is 0 Å².